The van der Waals surface area contributed by atoms with E-state index in [4.69, 9.17) is 4.74 Å². The summed E-state index contributed by atoms with van der Waals surface area (Å²) in [5.74, 6) is -1.16. The minimum Gasteiger partial charge on any atom is -0.432 e. The average molecular weight is 406 g/mol. The standard InChI is InChI=1S/C20H17F3N2O2S/c1-11-8-12(2)16(27-20(3,22)23)9-14(11)19-24-10-17(28-19)25-18(26)13-6-4-5-7-15(13)21/h4-10H,1-3H3,(H,25,26). The lowest BCUT2D eigenvalue weighted by atomic mass is 10.1. The maximum atomic E-state index is 13.7. The monoisotopic (exact) mass is 406 g/mol. The molecular formula is C20H17F3N2O2S. The van der Waals surface area contributed by atoms with E-state index in [1.807, 2.05) is 6.92 Å². The van der Waals surface area contributed by atoms with E-state index in [2.05, 4.69) is 10.3 Å². The number of rotatable bonds is 5. The number of nitrogens with zero attached hydrogens (tertiary/aromatic N) is 1. The lowest BCUT2D eigenvalue weighted by Crippen LogP contribution is -2.19. The summed E-state index contributed by atoms with van der Waals surface area (Å²) in [5.41, 5.74) is 1.93. The summed E-state index contributed by atoms with van der Waals surface area (Å²) in [7, 11) is 0. The van der Waals surface area contributed by atoms with Crippen molar-refractivity contribution in [2.24, 2.45) is 0 Å². The fourth-order valence-electron chi connectivity index (χ4n) is 2.65. The van der Waals surface area contributed by atoms with E-state index >= 15 is 0 Å². The third-order valence-corrected chi connectivity index (χ3v) is 4.85. The molecular weight excluding hydrogens is 389 g/mol. The van der Waals surface area contributed by atoms with Crippen LogP contribution in [0.25, 0.3) is 10.6 Å². The summed E-state index contributed by atoms with van der Waals surface area (Å²) in [6.07, 6.45) is -1.87. The van der Waals surface area contributed by atoms with Gasteiger partial charge in [-0.2, -0.15) is 8.78 Å². The Hall–Kier alpha value is -2.87. The van der Waals surface area contributed by atoms with Gasteiger partial charge in [0.2, 0.25) is 0 Å². The molecule has 0 radical (unpaired) electrons. The van der Waals surface area contributed by atoms with Crippen molar-refractivity contribution in [1.29, 1.82) is 0 Å². The number of nitrogens with one attached hydrogen (secondary N) is 1. The second-order valence-electron chi connectivity index (χ2n) is 6.31. The predicted molar refractivity (Wildman–Crippen MR) is 103 cm³/mol. The number of halogens is 3. The van der Waals surface area contributed by atoms with Crippen molar-refractivity contribution in [1.82, 2.24) is 4.98 Å². The quantitative estimate of drug-likeness (QED) is 0.582. The zero-order valence-corrected chi connectivity index (χ0v) is 16.2. The molecule has 3 rings (SSSR count). The summed E-state index contributed by atoms with van der Waals surface area (Å²) in [5, 5.41) is 3.53. The summed E-state index contributed by atoms with van der Waals surface area (Å²) < 4.78 is 45.0. The Bertz CT molecular complexity index is 1030. The SMILES string of the molecule is Cc1cc(C)c(-c2ncc(NC(=O)c3ccccc3F)s2)cc1OC(C)(F)F. The van der Waals surface area contributed by atoms with Crippen LogP contribution < -0.4 is 10.1 Å². The van der Waals surface area contributed by atoms with E-state index < -0.39 is 17.8 Å². The van der Waals surface area contributed by atoms with Gasteiger partial charge in [-0.1, -0.05) is 29.5 Å². The lowest BCUT2D eigenvalue weighted by molar-refractivity contribution is -0.159. The van der Waals surface area contributed by atoms with Crippen molar-refractivity contribution in [3.05, 3.63) is 65.1 Å². The molecule has 0 aliphatic rings. The number of thiazole rings is 1. The van der Waals surface area contributed by atoms with Crippen LogP contribution in [0.4, 0.5) is 18.2 Å². The smallest absolute Gasteiger partial charge is 0.394 e. The third-order valence-electron chi connectivity index (χ3n) is 3.90. The molecule has 0 aliphatic carbocycles. The summed E-state index contributed by atoms with van der Waals surface area (Å²) in [4.78, 5) is 16.5. The zero-order chi connectivity index (χ0) is 20.5. The molecule has 3 aromatic rings. The highest BCUT2D eigenvalue weighted by atomic mass is 32.1. The first kappa shape index (κ1) is 19.9. The maximum Gasteiger partial charge on any atom is 0.394 e. The minimum atomic E-state index is -3.31. The Kier molecular flexibility index (Phi) is 5.42. The van der Waals surface area contributed by atoms with Crippen LogP contribution in [0.15, 0.2) is 42.6 Å². The third kappa shape index (κ3) is 4.51. The van der Waals surface area contributed by atoms with Gasteiger partial charge in [-0.3, -0.25) is 4.79 Å². The van der Waals surface area contributed by atoms with Gasteiger partial charge < -0.3 is 10.1 Å². The van der Waals surface area contributed by atoms with E-state index in [-0.39, 0.29) is 11.3 Å². The summed E-state index contributed by atoms with van der Waals surface area (Å²) in [6.45, 7) is 4.18. The summed E-state index contributed by atoms with van der Waals surface area (Å²) in [6, 6.07) is 8.88. The van der Waals surface area contributed by atoms with E-state index in [1.54, 1.807) is 19.1 Å². The van der Waals surface area contributed by atoms with Gasteiger partial charge in [-0.25, -0.2) is 9.37 Å². The van der Waals surface area contributed by atoms with Gasteiger partial charge in [0, 0.05) is 12.5 Å². The number of hydrogen-bond acceptors (Lipinski definition) is 4. The molecule has 1 amide bonds. The van der Waals surface area contributed by atoms with Crippen molar-refractivity contribution >= 4 is 22.2 Å². The van der Waals surface area contributed by atoms with Crippen molar-refractivity contribution in [3.8, 4) is 16.3 Å². The van der Waals surface area contributed by atoms with Crippen LogP contribution in [0, 0.1) is 19.7 Å². The molecule has 0 saturated heterocycles. The van der Waals surface area contributed by atoms with Crippen LogP contribution in [0.2, 0.25) is 0 Å². The minimum absolute atomic E-state index is 0.0558. The molecule has 4 nitrogen and oxygen atoms in total. The molecule has 0 saturated carbocycles. The highest BCUT2D eigenvalue weighted by Crippen LogP contribution is 2.36. The molecule has 0 bridgehead atoms. The highest BCUT2D eigenvalue weighted by Gasteiger charge is 2.25. The van der Waals surface area contributed by atoms with Crippen molar-refractivity contribution < 1.29 is 22.7 Å². The fraction of sp³-hybridized carbons (Fsp3) is 0.200. The molecule has 0 unspecified atom stereocenters. The van der Waals surface area contributed by atoms with Gasteiger partial charge in [0.05, 0.1) is 11.8 Å². The van der Waals surface area contributed by atoms with Gasteiger partial charge in [-0.15, -0.1) is 0 Å². The number of aryl methyl sites for hydroxylation is 2. The van der Waals surface area contributed by atoms with Crippen LogP contribution in [0.1, 0.15) is 28.4 Å². The number of amides is 1. The van der Waals surface area contributed by atoms with Crippen molar-refractivity contribution in [3.63, 3.8) is 0 Å². The molecule has 0 aliphatic heterocycles. The topological polar surface area (TPSA) is 51.2 Å². The second-order valence-corrected chi connectivity index (χ2v) is 7.34. The molecule has 0 fully saturated rings. The lowest BCUT2D eigenvalue weighted by Gasteiger charge is -2.16. The molecule has 1 N–H and O–H groups in total. The Morgan fingerprint density at radius 1 is 1.18 bits per heavy atom. The van der Waals surface area contributed by atoms with Crippen LogP contribution >= 0.6 is 11.3 Å². The van der Waals surface area contributed by atoms with E-state index in [0.717, 1.165) is 16.9 Å². The highest BCUT2D eigenvalue weighted by molar-refractivity contribution is 7.19. The Morgan fingerprint density at radius 3 is 2.57 bits per heavy atom. The number of ether oxygens (including phenoxy) is 1. The normalized spacial score (nSPS) is 11.4. The molecule has 8 heteroatoms. The number of carbonyl (C=O) groups excluding carboxylic acids is 1. The number of anilines is 1. The first-order chi connectivity index (χ1) is 13.1. The van der Waals surface area contributed by atoms with Gasteiger partial charge in [0.15, 0.2) is 0 Å². The number of hydrogen-bond donors (Lipinski definition) is 1. The van der Waals surface area contributed by atoms with Crippen molar-refractivity contribution in [2.45, 2.75) is 26.9 Å². The van der Waals surface area contributed by atoms with Crippen molar-refractivity contribution in [2.75, 3.05) is 5.32 Å². The van der Waals surface area contributed by atoms with Gasteiger partial charge in [-0.05, 0) is 43.2 Å². The molecule has 2 aromatic carbocycles. The van der Waals surface area contributed by atoms with E-state index in [1.165, 1.54) is 30.5 Å². The number of alkyl halides is 2. The Morgan fingerprint density at radius 2 is 1.89 bits per heavy atom. The van der Waals surface area contributed by atoms with Crippen LogP contribution in [-0.2, 0) is 0 Å². The van der Waals surface area contributed by atoms with Crippen LogP contribution in [0.3, 0.4) is 0 Å². The summed E-state index contributed by atoms with van der Waals surface area (Å²) >= 11 is 1.15. The predicted octanol–water partition coefficient (Wildman–Crippen LogP) is 5.81. The van der Waals surface area contributed by atoms with Gasteiger partial charge in [0.1, 0.15) is 21.6 Å². The van der Waals surface area contributed by atoms with Gasteiger partial charge in [0.25, 0.3) is 5.91 Å². The molecule has 0 spiro atoms. The van der Waals surface area contributed by atoms with Gasteiger partial charge >= 0.3 is 6.11 Å². The van der Waals surface area contributed by atoms with E-state index in [0.29, 0.717) is 28.1 Å². The number of aromatic nitrogens is 1. The second kappa shape index (κ2) is 7.63. The van der Waals surface area contributed by atoms with E-state index in [9.17, 15) is 18.0 Å². The maximum absolute atomic E-state index is 13.7. The fourth-order valence-corrected chi connectivity index (χ4v) is 3.54. The molecule has 28 heavy (non-hydrogen) atoms. The zero-order valence-electron chi connectivity index (χ0n) is 15.3. The molecule has 1 aromatic heterocycles. The first-order valence-corrected chi connectivity index (χ1v) is 9.16. The number of carbonyl (C=O) groups is 1. The first-order valence-electron chi connectivity index (χ1n) is 8.34. The Balaban J connectivity index is 1.87. The molecule has 146 valence electrons. The molecule has 0 atom stereocenters. The average Bonchev–Trinajstić information content (AvgIpc) is 3.04. The Labute approximate surface area is 164 Å². The largest absolute Gasteiger partial charge is 0.432 e. The number of benzene rings is 2. The van der Waals surface area contributed by atoms with Crippen LogP contribution in [0.5, 0.6) is 5.75 Å². The van der Waals surface area contributed by atoms with Crippen LogP contribution in [-0.4, -0.2) is 17.0 Å². The molecule has 1 heterocycles.